The maximum Gasteiger partial charge on any atom is 0.147 e. The summed E-state index contributed by atoms with van der Waals surface area (Å²) in [7, 11) is 0. The van der Waals surface area contributed by atoms with Crippen LogP contribution in [-0.2, 0) is 0 Å². The average Bonchev–Trinajstić information content (AvgIpc) is 2.81. The van der Waals surface area contributed by atoms with Crippen molar-refractivity contribution in [1.29, 1.82) is 0 Å². The summed E-state index contributed by atoms with van der Waals surface area (Å²) < 4.78 is 0. The first kappa shape index (κ1) is 9.36. The van der Waals surface area contributed by atoms with Gasteiger partial charge in [-0.05, 0) is 24.0 Å². The van der Waals surface area contributed by atoms with E-state index in [0.717, 1.165) is 29.9 Å². The summed E-state index contributed by atoms with van der Waals surface area (Å²) >= 11 is 0. The van der Waals surface area contributed by atoms with E-state index in [1.54, 1.807) is 0 Å². The minimum atomic E-state index is 0.430. The number of hydrogen-bond donors (Lipinski definition) is 1. The van der Waals surface area contributed by atoms with E-state index >= 15 is 0 Å². The van der Waals surface area contributed by atoms with Gasteiger partial charge in [-0.1, -0.05) is 12.1 Å². The Labute approximate surface area is 99.5 Å². The fourth-order valence-electron chi connectivity index (χ4n) is 2.86. The molecule has 0 spiro atoms. The van der Waals surface area contributed by atoms with Gasteiger partial charge in [0.15, 0.2) is 0 Å². The number of nitrogens with two attached hydrogens (primary N) is 1. The number of para-hydroxylation sites is 2. The van der Waals surface area contributed by atoms with Crippen molar-refractivity contribution in [3.8, 4) is 0 Å². The Kier molecular flexibility index (Phi) is 1.74. The zero-order chi connectivity index (χ0) is 11.4. The molecule has 2 heterocycles. The van der Waals surface area contributed by atoms with Gasteiger partial charge >= 0.3 is 0 Å². The number of aromatic nitrogens is 2. The van der Waals surface area contributed by atoms with Crippen LogP contribution in [-0.4, -0.2) is 29.1 Å². The van der Waals surface area contributed by atoms with E-state index < -0.39 is 0 Å². The molecule has 2 aliphatic rings. The molecule has 0 amide bonds. The fourth-order valence-corrected chi connectivity index (χ4v) is 2.86. The Bertz CT molecular complexity index is 570. The third-order valence-electron chi connectivity index (χ3n) is 4.02. The van der Waals surface area contributed by atoms with Crippen molar-refractivity contribution in [1.82, 2.24) is 9.97 Å². The highest BCUT2D eigenvalue weighted by atomic mass is 15.2. The number of nitrogens with zero attached hydrogens (tertiary/aromatic N) is 3. The van der Waals surface area contributed by atoms with Gasteiger partial charge in [0, 0.05) is 19.1 Å². The molecule has 4 heteroatoms. The second kappa shape index (κ2) is 3.17. The monoisotopic (exact) mass is 226 g/mol. The smallest absolute Gasteiger partial charge is 0.147 e. The van der Waals surface area contributed by atoms with E-state index in [9.17, 15) is 0 Å². The van der Waals surface area contributed by atoms with Crippen LogP contribution in [0.3, 0.4) is 0 Å². The molecule has 2 fully saturated rings. The SMILES string of the molecule is NC1C2CN(c3cnc4ccccc4n3)CC12. The van der Waals surface area contributed by atoms with Crippen molar-refractivity contribution in [3.63, 3.8) is 0 Å². The molecular formula is C13H14N4. The molecule has 4 rings (SSSR count). The molecule has 0 bridgehead atoms. The number of anilines is 1. The quantitative estimate of drug-likeness (QED) is 0.789. The van der Waals surface area contributed by atoms with E-state index in [1.165, 1.54) is 0 Å². The van der Waals surface area contributed by atoms with E-state index in [1.807, 2.05) is 30.5 Å². The van der Waals surface area contributed by atoms with Gasteiger partial charge in [-0.15, -0.1) is 0 Å². The Morgan fingerprint density at radius 2 is 1.82 bits per heavy atom. The van der Waals surface area contributed by atoms with Crippen molar-refractivity contribution in [2.75, 3.05) is 18.0 Å². The molecule has 17 heavy (non-hydrogen) atoms. The summed E-state index contributed by atoms with van der Waals surface area (Å²) in [5.74, 6) is 2.36. The minimum Gasteiger partial charge on any atom is -0.355 e. The maximum atomic E-state index is 5.94. The largest absolute Gasteiger partial charge is 0.355 e. The highest BCUT2D eigenvalue weighted by molar-refractivity contribution is 5.75. The molecule has 2 unspecified atom stereocenters. The van der Waals surface area contributed by atoms with Crippen LogP contribution in [0.2, 0.25) is 0 Å². The van der Waals surface area contributed by atoms with E-state index in [2.05, 4.69) is 14.9 Å². The van der Waals surface area contributed by atoms with Crippen LogP contribution in [0.5, 0.6) is 0 Å². The lowest BCUT2D eigenvalue weighted by atomic mass is 10.3. The van der Waals surface area contributed by atoms with Gasteiger partial charge in [0.2, 0.25) is 0 Å². The van der Waals surface area contributed by atoms with E-state index in [4.69, 9.17) is 5.73 Å². The van der Waals surface area contributed by atoms with Crippen LogP contribution in [0.15, 0.2) is 30.5 Å². The lowest BCUT2D eigenvalue weighted by molar-refractivity contribution is 0.735. The first-order valence-corrected chi connectivity index (χ1v) is 6.05. The third kappa shape index (κ3) is 1.34. The van der Waals surface area contributed by atoms with Crippen molar-refractivity contribution < 1.29 is 0 Å². The predicted molar refractivity (Wildman–Crippen MR) is 66.7 cm³/mol. The lowest BCUT2D eigenvalue weighted by Gasteiger charge is -2.19. The molecule has 2 N–H and O–H groups in total. The Balaban J connectivity index is 1.68. The average molecular weight is 226 g/mol. The molecule has 0 radical (unpaired) electrons. The first-order valence-electron chi connectivity index (χ1n) is 6.05. The molecule has 1 aliphatic heterocycles. The third-order valence-corrected chi connectivity index (χ3v) is 4.02. The number of piperidine rings is 1. The minimum absolute atomic E-state index is 0.430. The van der Waals surface area contributed by atoms with Crippen LogP contribution in [0.4, 0.5) is 5.82 Å². The lowest BCUT2D eigenvalue weighted by Crippen LogP contribution is -2.28. The van der Waals surface area contributed by atoms with Gasteiger partial charge in [-0.2, -0.15) is 0 Å². The molecule has 1 saturated heterocycles. The van der Waals surface area contributed by atoms with E-state index in [-0.39, 0.29) is 0 Å². The molecule has 1 aromatic heterocycles. The molecule has 86 valence electrons. The zero-order valence-corrected chi connectivity index (χ0v) is 9.45. The van der Waals surface area contributed by atoms with Crippen LogP contribution in [0.25, 0.3) is 11.0 Å². The van der Waals surface area contributed by atoms with Crippen LogP contribution < -0.4 is 10.6 Å². The summed E-state index contributed by atoms with van der Waals surface area (Å²) in [6, 6.07) is 8.41. The van der Waals surface area contributed by atoms with E-state index in [0.29, 0.717) is 17.9 Å². The van der Waals surface area contributed by atoms with Crippen LogP contribution in [0.1, 0.15) is 0 Å². The Morgan fingerprint density at radius 3 is 2.59 bits per heavy atom. The predicted octanol–water partition coefficient (Wildman–Crippen LogP) is 1.02. The van der Waals surface area contributed by atoms with Gasteiger partial charge in [-0.3, -0.25) is 4.98 Å². The second-order valence-electron chi connectivity index (χ2n) is 5.03. The summed E-state index contributed by atoms with van der Waals surface area (Å²) in [6.45, 7) is 2.08. The number of rotatable bonds is 1. The zero-order valence-electron chi connectivity index (χ0n) is 9.45. The fraction of sp³-hybridized carbons (Fsp3) is 0.385. The van der Waals surface area contributed by atoms with Crippen molar-refractivity contribution in [2.45, 2.75) is 6.04 Å². The summed E-state index contributed by atoms with van der Waals surface area (Å²) in [4.78, 5) is 11.4. The highest BCUT2D eigenvalue weighted by Gasteiger charge is 2.53. The van der Waals surface area contributed by atoms with Gasteiger partial charge < -0.3 is 10.6 Å². The normalized spacial score (nSPS) is 30.6. The highest BCUT2D eigenvalue weighted by Crippen LogP contribution is 2.44. The molecular weight excluding hydrogens is 212 g/mol. The number of fused-ring (bicyclic) bond motifs is 2. The van der Waals surface area contributed by atoms with Gasteiger partial charge in [0.1, 0.15) is 5.82 Å². The Hall–Kier alpha value is -1.68. The maximum absolute atomic E-state index is 5.94. The van der Waals surface area contributed by atoms with Crippen molar-refractivity contribution in [3.05, 3.63) is 30.5 Å². The van der Waals surface area contributed by atoms with Crippen molar-refractivity contribution >= 4 is 16.9 Å². The van der Waals surface area contributed by atoms with Crippen molar-refractivity contribution in [2.24, 2.45) is 17.6 Å². The summed E-state index contributed by atoms with van der Waals surface area (Å²) in [5, 5.41) is 0. The molecule has 1 aliphatic carbocycles. The first-order chi connectivity index (χ1) is 8.33. The van der Waals surface area contributed by atoms with Gasteiger partial charge in [0.05, 0.1) is 17.2 Å². The summed E-state index contributed by atoms with van der Waals surface area (Å²) in [5.41, 5.74) is 7.86. The molecule has 4 nitrogen and oxygen atoms in total. The van der Waals surface area contributed by atoms with Crippen LogP contribution in [0, 0.1) is 11.8 Å². The second-order valence-corrected chi connectivity index (χ2v) is 5.03. The molecule has 2 aromatic rings. The molecule has 1 aromatic carbocycles. The molecule has 1 saturated carbocycles. The molecule has 2 atom stereocenters. The number of hydrogen-bond acceptors (Lipinski definition) is 4. The Morgan fingerprint density at radius 1 is 1.12 bits per heavy atom. The van der Waals surface area contributed by atoms with Crippen LogP contribution >= 0.6 is 0 Å². The standard InChI is InChI=1S/C13H14N4/c14-13-8-6-17(7-9(8)13)12-5-15-10-3-1-2-4-11(10)16-12/h1-5,8-9,13H,6-7,14H2. The van der Waals surface area contributed by atoms with Gasteiger partial charge in [0.25, 0.3) is 0 Å². The topological polar surface area (TPSA) is 55.0 Å². The number of benzene rings is 1. The van der Waals surface area contributed by atoms with Gasteiger partial charge in [-0.25, -0.2) is 4.98 Å². The summed E-state index contributed by atoms with van der Waals surface area (Å²) in [6.07, 6.45) is 1.87.